The van der Waals surface area contributed by atoms with E-state index >= 15 is 0 Å². The van der Waals surface area contributed by atoms with E-state index in [9.17, 15) is 9.90 Å². The molecule has 0 atom stereocenters. The SMILES string of the molecule is O=c1[nH]c(=S)[nH]c(O)c1C=Nc1ccc(-c2nc3ccccc3o2)cc1. The van der Waals surface area contributed by atoms with Gasteiger partial charge in [0.25, 0.3) is 5.56 Å². The van der Waals surface area contributed by atoms with Gasteiger partial charge in [0.1, 0.15) is 11.1 Å². The maximum atomic E-state index is 11.8. The van der Waals surface area contributed by atoms with Gasteiger partial charge in [-0.1, -0.05) is 12.1 Å². The van der Waals surface area contributed by atoms with Gasteiger partial charge >= 0.3 is 0 Å². The van der Waals surface area contributed by atoms with Crippen LogP contribution in [0.4, 0.5) is 5.69 Å². The summed E-state index contributed by atoms with van der Waals surface area (Å²) >= 11 is 4.78. The van der Waals surface area contributed by atoms with Crippen LogP contribution in [0.3, 0.4) is 0 Å². The minimum absolute atomic E-state index is 0.00151. The summed E-state index contributed by atoms with van der Waals surface area (Å²) in [6.07, 6.45) is 1.27. The van der Waals surface area contributed by atoms with E-state index in [4.69, 9.17) is 16.6 Å². The molecule has 4 aromatic rings. The molecule has 0 bridgehead atoms. The molecular formula is C18H12N4O3S. The summed E-state index contributed by atoms with van der Waals surface area (Å²) in [5.74, 6) is 0.192. The first-order chi connectivity index (χ1) is 12.6. The molecule has 0 unspecified atom stereocenters. The molecule has 128 valence electrons. The van der Waals surface area contributed by atoms with E-state index < -0.39 is 5.56 Å². The van der Waals surface area contributed by atoms with Crippen molar-refractivity contribution in [3.63, 3.8) is 0 Å². The Morgan fingerprint density at radius 2 is 1.88 bits per heavy atom. The van der Waals surface area contributed by atoms with Gasteiger partial charge in [-0.15, -0.1) is 0 Å². The zero-order valence-corrected chi connectivity index (χ0v) is 14.1. The minimum atomic E-state index is -0.516. The van der Waals surface area contributed by atoms with Crippen LogP contribution in [0, 0.1) is 4.77 Å². The summed E-state index contributed by atoms with van der Waals surface area (Å²) < 4.78 is 5.77. The van der Waals surface area contributed by atoms with Crippen LogP contribution in [-0.4, -0.2) is 26.3 Å². The number of aromatic nitrogens is 3. The second kappa shape index (κ2) is 6.41. The maximum Gasteiger partial charge on any atom is 0.264 e. The highest BCUT2D eigenvalue weighted by molar-refractivity contribution is 7.71. The number of benzene rings is 2. The lowest BCUT2D eigenvalue weighted by Crippen LogP contribution is -2.13. The van der Waals surface area contributed by atoms with E-state index in [2.05, 4.69) is 19.9 Å². The first kappa shape index (κ1) is 16.0. The highest BCUT2D eigenvalue weighted by Gasteiger charge is 2.08. The van der Waals surface area contributed by atoms with Gasteiger partial charge in [0.15, 0.2) is 10.4 Å². The fourth-order valence-electron chi connectivity index (χ4n) is 2.43. The lowest BCUT2D eigenvalue weighted by molar-refractivity contribution is 0.449. The highest BCUT2D eigenvalue weighted by Crippen LogP contribution is 2.25. The van der Waals surface area contributed by atoms with Crippen molar-refractivity contribution in [1.29, 1.82) is 0 Å². The average Bonchev–Trinajstić information content (AvgIpc) is 3.05. The molecule has 0 saturated heterocycles. The Labute approximate surface area is 151 Å². The Morgan fingerprint density at radius 3 is 2.62 bits per heavy atom. The van der Waals surface area contributed by atoms with E-state index in [1.165, 1.54) is 6.21 Å². The third-order valence-electron chi connectivity index (χ3n) is 3.71. The molecule has 26 heavy (non-hydrogen) atoms. The van der Waals surface area contributed by atoms with Gasteiger partial charge in [-0.3, -0.25) is 14.8 Å². The topological polar surface area (TPSA) is 107 Å². The summed E-state index contributed by atoms with van der Waals surface area (Å²) in [5.41, 5.74) is 2.41. The molecule has 3 N–H and O–H groups in total. The minimum Gasteiger partial charge on any atom is -0.494 e. The standard InChI is InChI=1S/C18H12N4O3S/c23-15-12(16(24)22-18(26)21-15)9-19-11-7-5-10(6-8-11)17-20-13-3-1-2-4-14(13)25-17/h1-9H,(H3,21,22,23,24,26). The normalized spacial score (nSPS) is 11.4. The second-order valence-corrected chi connectivity index (χ2v) is 5.87. The molecule has 2 aromatic heterocycles. The quantitative estimate of drug-likeness (QED) is 0.379. The molecule has 0 saturated carbocycles. The Morgan fingerprint density at radius 1 is 1.12 bits per heavy atom. The van der Waals surface area contributed by atoms with E-state index in [-0.39, 0.29) is 16.2 Å². The van der Waals surface area contributed by atoms with Gasteiger partial charge in [0.05, 0.1) is 5.69 Å². The largest absolute Gasteiger partial charge is 0.494 e. The van der Waals surface area contributed by atoms with Gasteiger partial charge in [0, 0.05) is 11.8 Å². The molecule has 0 aliphatic rings. The second-order valence-electron chi connectivity index (χ2n) is 5.46. The summed E-state index contributed by atoms with van der Waals surface area (Å²) in [4.78, 5) is 25.3. The lowest BCUT2D eigenvalue weighted by atomic mass is 10.2. The highest BCUT2D eigenvalue weighted by atomic mass is 32.1. The molecule has 0 aliphatic carbocycles. The summed E-state index contributed by atoms with van der Waals surface area (Å²) in [6.45, 7) is 0. The van der Waals surface area contributed by atoms with Gasteiger partial charge in [-0.25, -0.2) is 4.98 Å². The fraction of sp³-hybridized carbons (Fsp3) is 0. The molecule has 8 heteroatoms. The van der Waals surface area contributed by atoms with Crippen LogP contribution in [0.5, 0.6) is 5.88 Å². The van der Waals surface area contributed by atoms with Crippen molar-refractivity contribution in [2.45, 2.75) is 0 Å². The summed E-state index contributed by atoms with van der Waals surface area (Å²) in [6, 6.07) is 14.7. The van der Waals surface area contributed by atoms with Gasteiger partial charge in [0.2, 0.25) is 11.8 Å². The van der Waals surface area contributed by atoms with Crippen LogP contribution >= 0.6 is 12.2 Å². The Balaban J connectivity index is 1.62. The van der Waals surface area contributed by atoms with Gasteiger partial charge in [-0.2, -0.15) is 0 Å². The molecule has 2 heterocycles. The zero-order chi connectivity index (χ0) is 18.1. The van der Waals surface area contributed by atoms with Crippen molar-refractivity contribution in [2.75, 3.05) is 0 Å². The smallest absolute Gasteiger partial charge is 0.264 e. The Bertz CT molecular complexity index is 1200. The van der Waals surface area contributed by atoms with Gasteiger partial charge < -0.3 is 14.5 Å². The number of oxazole rings is 1. The van der Waals surface area contributed by atoms with Crippen molar-refractivity contribution < 1.29 is 9.52 Å². The number of nitrogens with zero attached hydrogens (tertiary/aromatic N) is 2. The van der Waals surface area contributed by atoms with Gasteiger partial charge in [-0.05, 0) is 48.6 Å². The predicted octanol–water partition coefficient (Wildman–Crippen LogP) is 3.70. The molecule has 0 spiro atoms. The molecule has 0 amide bonds. The summed E-state index contributed by atoms with van der Waals surface area (Å²) in [5, 5.41) is 9.76. The molecule has 7 nitrogen and oxygen atoms in total. The number of nitrogens with one attached hydrogen (secondary N) is 2. The predicted molar refractivity (Wildman–Crippen MR) is 101 cm³/mol. The molecule has 0 fully saturated rings. The molecular weight excluding hydrogens is 352 g/mol. The number of fused-ring (bicyclic) bond motifs is 1. The van der Waals surface area contributed by atoms with Crippen molar-refractivity contribution in [2.24, 2.45) is 4.99 Å². The number of hydrogen-bond donors (Lipinski definition) is 3. The van der Waals surface area contributed by atoms with Crippen LogP contribution < -0.4 is 5.56 Å². The van der Waals surface area contributed by atoms with Crippen LogP contribution in [0.25, 0.3) is 22.6 Å². The molecule has 2 aromatic carbocycles. The first-order valence-corrected chi connectivity index (χ1v) is 8.06. The van der Waals surface area contributed by atoms with Crippen molar-refractivity contribution >= 4 is 35.2 Å². The van der Waals surface area contributed by atoms with Crippen molar-refractivity contribution in [3.8, 4) is 17.3 Å². The van der Waals surface area contributed by atoms with Crippen LogP contribution in [0.2, 0.25) is 0 Å². The number of H-pyrrole nitrogens is 2. The number of para-hydroxylation sites is 2. The van der Waals surface area contributed by atoms with E-state index in [1.807, 2.05) is 36.4 Å². The third kappa shape index (κ3) is 3.05. The number of aliphatic imine (C=N–C) groups is 1. The molecule has 0 aliphatic heterocycles. The number of aromatic amines is 2. The monoisotopic (exact) mass is 364 g/mol. The summed E-state index contributed by atoms with van der Waals surface area (Å²) in [7, 11) is 0. The fourth-order valence-corrected chi connectivity index (χ4v) is 2.62. The Kier molecular flexibility index (Phi) is 3.94. The number of aromatic hydroxyl groups is 1. The number of hydrogen-bond acceptors (Lipinski definition) is 6. The van der Waals surface area contributed by atoms with Crippen molar-refractivity contribution in [3.05, 3.63) is 69.2 Å². The third-order valence-corrected chi connectivity index (χ3v) is 3.91. The molecule has 4 rings (SSSR count). The van der Waals surface area contributed by atoms with E-state index in [1.54, 1.807) is 12.1 Å². The molecule has 0 radical (unpaired) electrons. The van der Waals surface area contributed by atoms with E-state index in [0.29, 0.717) is 11.6 Å². The Hall–Kier alpha value is -3.52. The maximum absolute atomic E-state index is 11.8. The lowest BCUT2D eigenvalue weighted by Gasteiger charge is -1.98. The van der Waals surface area contributed by atoms with Crippen LogP contribution in [0.15, 0.2) is 62.7 Å². The zero-order valence-electron chi connectivity index (χ0n) is 13.3. The van der Waals surface area contributed by atoms with Crippen molar-refractivity contribution in [1.82, 2.24) is 15.0 Å². The number of rotatable bonds is 3. The first-order valence-electron chi connectivity index (χ1n) is 7.66. The average molecular weight is 364 g/mol. The van der Waals surface area contributed by atoms with Crippen LogP contribution in [0.1, 0.15) is 5.56 Å². The van der Waals surface area contributed by atoms with E-state index in [0.717, 1.165) is 16.7 Å². The van der Waals surface area contributed by atoms with Crippen LogP contribution in [-0.2, 0) is 0 Å².